The highest BCUT2D eigenvalue weighted by Crippen LogP contribution is 2.41. The van der Waals surface area contributed by atoms with Crippen LogP contribution in [-0.4, -0.2) is 0 Å². The third-order valence-electron chi connectivity index (χ3n) is 8.46. The topological polar surface area (TPSA) is 3.24 Å². The Bertz CT molecular complexity index is 2130. The van der Waals surface area contributed by atoms with E-state index in [4.69, 9.17) is 0 Å². The summed E-state index contributed by atoms with van der Waals surface area (Å²) < 4.78 is 2.66. The molecule has 0 spiro atoms. The van der Waals surface area contributed by atoms with Gasteiger partial charge in [0.15, 0.2) is 0 Å². The fourth-order valence-corrected chi connectivity index (χ4v) is 7.38. The van der Waals surface area contributed by atoms with Crippen LogP contribution in [0.4, 0.5) is 11.4 Å². The highest BCUT2D eigenvalue weighted by Gasteiger charge is 2.15. The second kappa shape index (κ2) is 12.8. The first-order chi connectivity index (χ1) is 22.2. The third-order valence-corrected chi connectivity index (χ3v) is 9.68. The van der Waals surface area contributed by atoms with Gasteiger partial charge in [0.1, 0.15) is 0 Å². The standard InChI is InChI=1S/C43H35NS/c1-3-32(33-14-6-4-7-15-33)25-24-31(2)44(37-28-26-35(27-29-37)34-16-8-5-9-17-34)38-19-12-18-36(30-38)39-21-13-22-41-40-20-10-11-23-42(40)45-43(39)41/h4-30H,3H2,1-2H3/b31-24+,32-25+. The minimum Gasteiger partial charge on any atom is -0.314 e. The van der Waals surface area contributed by atoms with Crippen molar-refractivity contribution in [3.05, 3.63) is 175 Å². The summed E-state index contributed by atoms with van der Waals surface area (Å²) in [5.41, 5.74) is 10.9. The summed E-state index contributed by atoms with van der Waals surface area (Å²) in [6, 6.07) is 54.6. The van der Waals surface area contributed by atoms with Crippen molar-refractivity contribution in [3.8, 4) is 22.3 Å². The number of hydrogen-bond acceptors (Lipinski definition) is 2. The molecular weight excluding hydrogens is 563 g/mol. The van der Waals surface area contributed by atoms with E-state index >= 15 is 0 Å². The van der Waals surface area contributed by atoms with Crippen molar-refractivity contribution in [2.45, 2.75) is 20.3 Å². The Balaban J connectivity index is 1.33. The monoisotopic (exact) mass is 597 g/mol. The molecule has 1 nitrogen and oxygen atoms in total. The quantitative estimate of drug-likeness (QED) is 0.158. The highest BCUT2D eigenvalue weighted by molar-refractivity contribution is 7.26. The average molecular weight is 598 g/mol. The summed E-state index contributed by atoms with van der Waals surface area (Å²) in [6.45, 7) is 4.43. The summed E-state index contributed by atoms with van der Waals surface area (Å²) >= 11 is 1.88. The van der Waals surface area contributed by atoms with Crippen LogP contribution in [0.1, 0.15) is 25.8 Å². The lowest BCUT2D eigenvalue weighted by Gasteiger charge is -2.27. The molecule has 0 aliphatic carbocycles. The van der Waals surface area contributed by atoms with Crippen molar-refractivity contribution in [2.24, 2.45) is 0 Å². The molecule has 7 aromatic rings. The van der Waals surface area contributed by atoms with Crippen molar-refractivity contribution in [1.82, 2.24) is 0 Å². The van der Waals surface area contributed by atoms with E-state index < -0.39 is 0 Å². The molecule has 45 heavy (non-hydrogen) atoms. The smallest absolute Gasteiger partial charge is 0.0464 e. The maximum absolute atomic E-state index is 2.37. The SMILES string of the molecule is CC/C(=C\C=C(/C)N(c1ccc(-c2ccccc2)cc1)c1cccc(-c2cccc3c2sc2ccccc23)c1)c1ccccc1. The number of nitrogens with zero attached hydrogens (tertiary/aromatic N) is 1. The van der Waals surface area contributed by atoms with Crippen LogP contribution >= 0.6 is 11.3 Å². The van der Waals surface area contributed by atoms with Crippen molar-refractivity contribution in [2.75, 3.05) is 4.90 Å². The lowest BCUT2D eigenvalue weighted by molar-refractivity contribution is 1.15. The molecule has 0 atom stereocenters. The maximum Gasteiger partial charge on any atom is 0.0464 e. The lowest BCUT2D eigenvalue weighted by atomic mass is 10.0. The molecule has 6 aromatic carbocycles. The Kier molecular flexibility index (Phi) is 8.14. The largest absolute Gasteiger partial charge is 0.314 e. The summed E-state index contributed by atoms with van der Waals surface area (Å²) in [5, 5.41) is 2.65. The molecule has 0 unspecified atom stereocenters. The molecule has 1 aromatic heterocycles. The fraction of sp³-hybridized carbons (Fsp3) is 0.0698. The molecule has 218 valence electrons. The predicted molar refractivity (Wildman–Crippen MR) is 197 cm³/mol. The molecule has 0 aliphatic heterocycles. The Morgan fingerprint density at radius 1 is 0.578 bits per heavy atom. The number of fused-ring (bicyclic) bond motifs is 3. The number of thiophene rings is 1. The molecule has 0 amide bonds. The molecular formula is C43H35NS. The zero-order valence-corrected chi connectivity index (χ0v) is 26.5. The molecule has 0 aliphatic rings. The van der Waals surface area contributed by atoms with Crippen LogP contribution in [-0.2, 0) is 0 Å². The van der Waals surface area contributed by atoms with Crippen LogP contribution in [0.25, 0.3) is 48.0 Å². The molecule has 0 N–H and O–H groups in total. The lowest BCUT2D eigenvalue weighted by Crippen LogP contribution is -2.14. The summed E-state index contributed by atoms with van der Waals surface area (Å²) in [4.78, 5) is 2.37. The van der Waals surface area contributed by atoms with Crippen LogP contribution in [0.2, 0.25) is 0 Å². The van der Waals surface area contributed by atoms with Crippen molar-refractivity contribution in [3.63, 3.8) is 0 Å². The number of anilines is 2. The molecule has 0 saturated carbocycles. The van der Waals surface area contributed by atoms with E-state index in [1.54, 1.807) is 0 Å². The van der Waals surface area contributed by atoms with E-state index in [0.29, 0.717) is 0 Å². The Labute approximate surface area is 270 Å². The summed E-state index contributed by atoms with van der Waals surface area (Å²) in [7, 11) is 0. The minimum atomic E-state index is 0.966. The number of allylic oxidation sites excluding steroid dienone is 4. The summed E-state index contributed by atoms with van der Waals surface area (Å²) in [6.07, 6.45) is 5.50. The first-order valence-electron chi connectivity index (χ1n) is 15.6. The van der Waals surface area contributed by atoms with Gasteiger partial charge in [-0.15, -0.1) is 11.3 Å². The third kappa shape index (κ3) is 5.85. The summed E-state index contributed by atoms with van der Waals surface area (Å²) in [5.74, 6) is 0. The molecule has 1 heterocycles. The Morgan fingerprint density at radius 3 is 2.00 bits per heavy atom. The second-order valence-electron chi connectivity index (χ2n) is 11.3. The Morgan fingerprint density at radius 2 is 1.22 bits per heavy atom. The number of hydrogen-bond donors (Lipinski definition) is 0. The van der Waals surface area contributed by atoms with Gasteiger partial charge in [-0.3, -0.25) is 0 Å². The van der Waals surface area contributed by atoms with Gasteiger partial charge in [0.25, 0.3) is 0 Å². The van der Waals surface area contributed by atoms with Gasteiger partial charge in [-0.1, -0.05) is 134 Å². The van der Waals surface area contributed by atoms with Crippen LogP contribution in [0, 0.1) is 0 Å². The van der Waals surface area contributed by atoms with Gasteiger partial charge >= 0.3 is 0 Å². The molecule has 0 fully saturated rings. The van der Waals surface area contributed by atoms with Gasteiger partial charge in [-0.25, -0.2) is 0 Å². The molecule has 0 bridgehead atoms. The second-order valence-corrected chi connectivity index (χ2v) is 12.4. The fourth-order valence-electron chi connectivity index (χ4n) is 6.14. The van der Waals surface area contributed by atoms with Crippen LogP contribution < -0.4 is 4.90 Å². The van der Waals surface area contributed by atoms with Crippen molar-refractivity contribution in [1.29, 1.82) is 0 Å². The van der Waals surface area contributed by atoms with Gasteiger partial charge in [-0.2, -0.15) is 0 Å². The minimum absolute atomic E-state index is 0.966. The van der Waals surface area contributed by atoms with E-state index in [-0.39, 0.29) is 0 Å². The zero-order chi connectivity index (χ0) is 30.6. The average Bonchev–Trinajstić information content (AvgIpc) is 3.49. The van der Waals surface area contributed by atoms with E-state index in [2.05, 4.69) is 183 Å². The maximum atomic E-state index is 2.37. The zero-order valence-electron chi connectivity index (χ0n) is 25.7. The first kappa shape index (κ1) is 28.6. The predicted octanol–water partition coefficient (Wildman–Crippen LogP) is 12.9. The van der Waals surface area contributed by atoms with E-state index in [9.17, 15) is 0 Å². The van der Waals surface area contributed by atoms with Crippen LogP contribution in [0.15, 0.2) is 170 Å². The van der Waals surface area contributed by atoms with Crippen LogP contribution in [0.3, 0.4) is 0 Å². The molecule has 0 saturated heterocycles. The van der Waals surface area contributed by atoms with E-state index in [0.717, 1.165) is 23.5 Å². The number of rotatable bonds is 8. The van der Waals surface area contributed by atoms with Gasteiger partial charge in [0, 0.05) is 37.2 Å². The van der Waals surface area contributed by atoms with Crippen molar-refractivity contribution >= 4 is 48.5 Å². The normalized spacial score (nSPS) is 12.1. The highest BCUT2D eigenvalue weighted by atomic mass is 32.1. The molecule has 0 radical (unpaired) electrons. The van der Waals surface area contributed by atoms with Gasteiger partial charge in [0.2, 0.25) is 0 Å². The van der Waals surface area contributed by atoms with E-state index in [1.165, 1.54) is 53.6 Å². The van der Waals surface area contributed by atoms with Gasteiger partial charge in [-0.05, 0) is 83.1 Å². The van der Waals surface area contributed by atoms with E-state index in [1.807, 2.05) is 11.3 Å². The van der Waals surface area contributed by atoms with Gasteiger partial charge in [0.05, 0.1) is 0 Å². The number of benzene rings is 6. The first-order valence-corrected chi connectivity index (χ1v) is 16.4. The Hall–Kier alpha value is -5.18. The van der Waals surface area contributed by atoms with Crippen molar-refractivity contribution < 1.29 is 0 Å². The molecule has 2 heteroatoms. The molecule has 7 rings (SSSR count). The van der Waals surface area contributed by atoms with Crippen LogP contribution in [0.5, 0.6) is 0 Å². The van der Waals surface area contributed by atoms with Gasteiger partial charge < -0.3 is 4.90 Å².